The highest BCUT2D eigenvalue weighted by Gasteiger charge is 2.34. The topological polar surface area (TPSA) is 95.9 Å². The number of nitrogens with one attached hydrogen (secondary N) is 1. The molecule has 2 N–H and O–H groups in total. The van der Waals surface area contributed by atoms with Crippen molar-refractivity contribution in [2.24, 2.45) is 0 Å². The Labute approximate surface area is 200 Å². The second-order valence-corrected chi connectivity index (χ2v) is 9.12. The molecule has 4 rings (SSSR count). The zero-order chi connectivity index (χ0) is 24.1. The van der Waals surface area contributed by atoms with Crippen LogP contribution in [0, 0.1) is 0 Å². The van der Waals surface area contributed by atoms with Gasteiger partial charge in [-0.3, -0.25) is 9.59 Å². The van der Waals surface area contributed by atoms with E-state index in [9.17, 15) is 14.4 Å². The number of benzene rings is 2. The molecule has 2 aromatic rings. The van der Waals surface area contributed by atoms with E-state index in [4.69, 9.17) is 9.84 Å². The fourth-order valence-corrected chi connectivity index (χ4v) is 4.82. The van der Waals surface area contributed by atoms with Gasteiger partial charge in [-0.15, -0.1) is 0 Å². The second kappa shape index (κ2) is 10.7. The van der Waals surface area contributed by atoms with Gasteiger partial charge in [0.05, 0.1) is 6.42 Å². The van der Waals surface area contributed by atoms with Gasteiger partial charge in [-0.05, 0) is 41.5 Å². The van der Waals surface area contributed by atoms with Crippen LogP contribution in [0.15, 0.2) is 48.5 Å². The molecule has 34 heavy (non-hydrogen) atoms. The molecule has 2 amide bonds. The van der Waals surface area contributed by atoms with Gasteiger partial charge in [0.1, 0.15) is 6.61 Å². The van der Waals surface area contributed by atoms with Crippen molar-refractivity contribution in [1.82, 2.24) is 10.2 Å². The third kappa shape index (κ3) is 5.58. The summed E-state index contributed by atoms with van der Waals surface area (Å²) in [6.07, 6.45) is 2.81. The van der Waals surface area contributed by atoms with Crippen molar-refractivity contribution in [1.29, 1.82) is 0 Å². The number of amides is 2. The van der Waals surface area contributed by atoms with Crippen molar-refractivity contribution in [3.05, 3.63) is 59.7 Å². The van der Waals surface area contributed by atoms with E-state index < -0.39 is 12.1 Å². The van der Waals surface area contributed by atoms with E-state index in [0.717, 1.165) is 30.4 Å². The molecule has 0 aliphatic heterocycles. The Morgan fingerprint density at radius 2 is 1.68 bits per heavy atom. The van der Waals surface area contributed by atoms with E-state index in [2.05, 4.69) is 29.6 Å². The highest BCUT2D eigenvalue weighted by molar-refractivity contribution is 5.80. The zero-order valence-electron chi connectivity index (χ0n) is 19.5. The summed E-state index contributed by atoms with van der Waals surface area (Å²) in [7, 11) is 0. The van der Waals surface area contributed by atoms with Crippen LogP contribution in [0.4, 0.5) is 4.79 Å². The molecular weight excluding hydrogens is 432 g/mol. The first kappa shape index (κ1) is 23.8. The van der Waals surface area contributed by atoms with Gasteiger partial charge in [-0.2, -0.15) is 0 Å². The average Bonchev–Trinajstić information content (AvgIpc) is 3.60. The molecule has 0 heterocycles. The molecule has 0 aromatic heterocycles. The SMILES string of the molecule is CCCC(CC(=O)N(CCC(=O)O)C1CC1)NC(=O)OCC1c2ccccc2-c2ccccc21. The Hall–Kier alpha value is -3.35. The van der Waals surface area contributed by atoms with Crippen LogP contribution in [0.25, 0.3) is 11.1 Å². The minimum atomic E-state index is -0.916. The monoisotopic (exact) mass is 464 g/mol. The van der Waals surface area contributed by atoms with Gasteiger partial charge in [-0.1, -0.05) is 61.9 Å². The lowest BCUT2D eigenvalue weighted by Crippen LogP contribution is -2.42. The third-order valence-corrected chi connectivity index (χ3v) is 6.60. The van der Waals surface area contributed by atoms with Crippen LogP contribution in [0.3, 0.4) is 0 Å². The number of hydrogen-bond acceptors (Lipinski definition) is 4. The van der Waals surface area contributed by atoms with Crippen molar-refractivity contribution in [3.8, 4) is 11.1 Å². The van der Waals surface area contributed by atoms with Crippen molar-refractivity contribution >= 4 is 18.0 Å². The molecule has 1 atom stereocenters. The van der Waals surface area contributed by atoms with E-state index in [1.165, 1.54) is 11.1 Å². The van der Waals surface area contributed by atoms with E-state index >= 15 is 0 Å². The standard InChI is InChI=1S/C27H32N2O5/c1-2-7-18(16-25(30)29(19-12-13-19)15-14-26(31)32)28-27(33)34-17-24-22-10-5-3-8-20(22)21-9-4-6-11-23(21)24/h3-6,8-11,18-19,24H,2,7,12-17H2,1H3,(H,28,33)(H,31,32). The van der Waals surface area contributed by atoms with Gasteiger partial charge in [0, 0.05) is 31.0 Å². The van der Waals surface area contributed by atoms with E-state index in [0.29, 0.717) is 6.42 Å². The number of rotatable bonds is 11. The molecule has 2 aliphatic carbocycles. The Balaban J connectivity index is 1.35. The number of carboxylic acids is 1. The predicted molar refractivity (Wildman–Crippen MR) is 129 cm³/mol. The normalized spacial score (nSPS) is 15.2. The number of carboxylic acid groups (broad SMARTS) is 1. The van der Waals surface area contributed by atoms with Crippen LogP contribution in [0.2, 0.25) is 0 Å². The number of carbonyl (C=O) groups excluding carboxylic acids is 2. The molecule has 0 saturated heterocycles. The molecule has 1 fully saturated rings. The summed E-state index contributed by atoms with van der Waals surface area (Å²) in [5, 5.41) is 11.9. The van der Waals surface area contributed by atoms with Gasteiger partial charge in [0.15, 0.2) is 0 Å². The first-order chi connectivity index (χ1) is 16.5. The van der Waals surface area contributed by atoms with E-state index in [1.807, 2.05) is 31.2 Å². The number of aliphatic carboxylic acids is 1. The summed E-state index contributed by atoms with van der Waals surface area (Å²) in [5.74, 6) is -1.05. The van der Waals surface area contributed by atoms with Gasteiger partial charge in [-0.25, -0.2) is 4.79 Å². The van der Waals surface area contributed by atoms with Crippen LogP contribution in [-0.4, -0.2) is 53.2 Å². The fourth-order valence-electron chi connectivity index (χ4n) is 4.82. The molecule has 0 bridgehead atoms. The van der Waals surface area contributed by atoms with Crippen LogP contribution in [-0.2, 0) is 14.3 Å². The molecule has 2 aromatic carbocycles. The summed E-state index contributed by atoms with van der Waals surface area (Å²) in [6.45, 7) is 2.43. The lowest BCUT2D eigenvalue weighted by Gasteiger charge is -2.25. The first-order valence-corrected chi connectivity index (χ1v) is 12.1. The number of fused-ring (bicyclic) bond motifs is 3. The number of alkyl carbamates (subject to hydrolysis) is 1. The zero-order valence-corrected chi connectivity index (χ0v) is 19.5. The number of hydrogen-bond donors (Lipinski definition) is 2. The summed E-state index contributed by atoms with van der Waals surface area (Å²) >= 11 is 0. The quantitative estimate of drug-likeness (QED) is 0.509. The molecule has 1 unspecified atom stereocenters. The van der Waals surface area contributed by atoms with E-state index in [-0.39, 0.29) is 49.9 Å². The van der Waals surface area contributed by atoms with Crippen molar-refractivity contribution in [3.63, 3.8) is 0 Å². The lowest BCUT2D eigenvalue weighted by atomic mass is 9.98. The van der Waals surface area contributed by atoms with Crippen molar-refractivity contribution < 1.29 is 24.2 Å². The maximum absolute atomic E-state index is 12.9. The Kier molecular flexibility index (Phi) is 7.50. The molecule has 2 aliphatic rings. The molecule has 180 valence electrons. The summed E-state index contributed by atoms with van der Waals surface area (Å²) < 4.78 is 5.64. The molecular formula is C27H32N2O5. The number of ether oxygens (including phenoxy) is 1. The van der Waals surface area contributed by atoms with Gasteiger partial charge >= 0.3 is 12.1 Å². The lowest BCUT2D eigenvalue weighted by molar-refractivity contribution is -0.138. The Morgan fingerprint density at radius 3 is 2.24 bits per heavy atom. The Morgan fingerprint density at radius 1 is 1.06 bits per heavy atom. The van der Waals surface area contributed by atoms with Crippen molar-refractivity contribution in [2.45, 2.75) is 63.5 Å². The maximum Gasteiger partial charge on any atom is 0.407 e. The minimum Gasteiger partial charge on any atom is -0.481 e. The molecule has 0 spiro atoms. The van der Waals surface area contributed by atoms with Crippen molar-refractivity contribution in [2.75, 3.05) is 13.2 Å². The minimum absolute atomic E-state index is 0.0224. The molecule has 1 saturated carbocycles. The Bertz CT molecular complexity index is 1000. The summed E-state index contributed by atoms with van der Waals surface area (Å²) in [6, 6.07) is 16.1. The van der Waals surface area contributed by atoms with E-state index in [1.54, 1.807) is 4.90 Å². The highest BCUT2D eigenvalue weighted by atomic mass is 16.5. The maximum atomic E-state index is 12.9. The molecule has 7 nitrogen and oxygen atoms in total. The first-order valence-electron chi connectivity index (χ1n) is 12.1. The van der Waals surface area contributed by atoms with Crippen LogP contribution in [0.5, 0.6) is 0 Å². The van der Waals surface area contributed by atoms with Gasteiger partial charge in [0.25, 0.3) is 0 Å². The van der Waals surface area contributed by atoms with Crippen LogP contribution >= 0.6 is 0 Å². The largest absolute Gasteiger partial charge is 0.481 e. The smallest absolute Gasteiger partial charge is 0.407 e. The summed E-state index contributed by atoms with van der Waals surface area (Å²) in [5.41, 5.74) is 4.64. The van der Waals surface area contributed by atoms with Gasteiger partial charge in [0.2, 0.25) is 5.91 Å². The highest BCUT2D eigenvalue weighted by Crippen LogP contribution is 2.44. The average molecular weight is 465 g/mol. The predicted octanol–water partition coefficient (Wildman–Crippen LogP) is 4.55. The number of carbonyl (C=O) groups is 3. The van der Waals surface area contributed by atoms with Crippen LogP contribution < -0.4 is 5.32 Å². The van der Waals surface area contributed by atoms with Crippen LogP contribution in [0.1, 0.15) is 62.5 Å². The summed E-state index contributed by atoms with van der Waals surface area (Å²) in [4.78, 5) is 38.2. The fraction of sp³-hybridized carbons (Fsp3) is 0.444. The molecule has 0 radical (unpaired) electrons. The van der Waals surface area contributed by atoms with Gasteiger partial charge < -0.3 is 20.1 Å². The second-order valence-electron chi connectivity index (χ2n) is 9.12. The number of nitrogens with zero attached hydrogens (tertiary/aromatic N) is 1. The third-order valence-electron chi connectivity index (χ3n) is 6.60. The molecule has 7 heteroatoms.